The molecule has 18 heavy (non-hydrogen) atoms. The lowest BCUT2D eigenvalue weighted by Crippen LogP contribution is -2.37. The van der Waals surface area contributed by atoms with Crippen LogP contribution in [0.4, 0.5) is 5.69 Å². The summed E-state index contributed by atoms with van der Waals surface area (Å²) in [6.45, 7) is 2.07. The molecule has 1 aliphatic heterocycles. The summed E-state index contributed by atoms with van der Waals surface area (Å²) in [5.41, 5.74) is 1.68. The number of halogens is 1. The Morgan fingerprint density at radius 3 is 2.89 bits per heavy atom. The Bertz CT molecular complexity index is 434. The summed E-state index contributed by atoms with van der Waals surface area (Å²) in [6, 6.07) is 6.05. The predicted octanol–water partition coefficient (Wildman–Crippen LogP) is 2.68. The average molecular weight is 267 g/mol. The summed E-state index contributed by atoms with van der Waals surface area (Å²) in [6.07, 6.45) is 3.23. The molecule has 0 saturated carbocycles. The molecule has 0 aliphatic carbocycles. The summed E-state index contributed by atoms with van der Waals surface area (Å²) in [4.78, 5) is 15.3. The first kappa shape index (κ1) is 13.4. The highest BCUT2D eigenvalue weighted by molar-refractivity contribution is 6.33. The molecule has 0 N–H and O–H groups in total. The number of carbonyl (C=O) groups excluding carboxylic acids is 1. The van der Waals surface area contributed by atoms with Crippen molar-refractivity contribution in [2.45, 2.75) is 18.9 Å². The average Bonchev–Trinajstić information content (AvgIpc) is 2.76. The van der Waals surface area contributed by atoms with Gasteiger partial charge in [-0.05, 0) is 45.1 Å². The van der Waals surface area contributed by atoms with Crippen molar-refractivity contribution in [3.63, 3.8) is 0 Å². The summed E-state index contributed by atoms with van der Waals surface area (Å²) in [5, 5.41) is 0.672. The normalized spacial score (nSPS) is 19.6. The number of nitrogens with zero attached hydrogens (tertiary/aromatic N) is 2. The molecular weight excluding hydrogens is 248 g/mol. The van der Waals surface area contributed by atoms with Gasteiger partial charge < -0.3 is 9.80 Å². The van der Waals surface area contributed by atoms with E-state index in [2.05, 4.69) is 23.9 Å². The third-order valence-corrected chi connectivity index (χ3v) is 3.67. The maximum atomic E-state index is 10.7. The van der Waals surface area contributed by atoms with Crippen LogP contribution in [0.5, 0.6) is 0 Å². The second kappa shape index (κ2) is 5.72. The van der Waals surface area contributed by atoms with Crippen LogP contribution in [0.2, 0.25) is 5.02 Å². The van der Waals surface area contributed by atoms with Gasteiger partial charge in [0.25, 0.3) is 0 Å². The fourth-order valence-corrected chi connectivity index (χ4v) is 2.89. The number of aldehydes is 1. The molecule has 1 atom stereocenters. The van der Waals surface area contributed by atoms with Crippen molar-refractivity contribution in [1.29, 1.82) is 0 Å². The zero-order valence-electron chi connectivity index (χ0n) is 10.9. The molecule has 0 radical (unpaired) electrons. The van der Waals surface area contributed by atoms with E-state index in [1.165, 1.54) is 12.8 Å². The number of benzene rings is 1. The number of hydrogen-bond donors (Lipinski definition) is 0. The van der Waals surface area contributed by atoms with Crippen molar-refractivity contribution in [2.24, 2.45) is 0 Å². The van der Waals surface area contributed by atoms with E-state index in [0.717, 1.165) is 25.1 Å². The van der Waals surface area contributed by atoms with Crippen LogP contribution in [0.15, 0.2) is 18.2 Å². The zero-order valence-corrected chi connectivity index (χ0v) is 11.7. The molecule has 1 aromatic rings. The fraction of sp³-hybridized carbons (Fsp3) is 0.500. The second-order valence-electron chi connectivity index (χ2n) is 5.08. The Labute approximate surface area is 113 Å². The minimum Gasteiger partial charge on any atom is -0.366 e. The monoisotopic (exact) mass is 266 g/mol. The topological polar surface area (TPSA) is 23.6 Å². The molecule has 98 valence electrons. The highest BCUT2D eigenvalue weighted by Gasteiger charge is 2.26. The van der Waals surface area contributed by atoms with Crippen molar-refractivity contribution in [2.75, 3.05) is 32.1 Å². The van der Waals surface area contributed by atoms with Gasteiger partial charge in [0.05, 0.1) is 10.7 Å². The fourth-order valence-electron chi connectivity index (χ4n) is 2.59. The molecule has 0 spiro atoms. The van der Waals surface area contributed by atoms with E-state index >= 15 is 0 Å². The molecule has 0 bridgehead atoms. The highest BCUT2D eigenvalue weighted by atomic mass is 35.5. The molecule has 1 heterocycles. The van der Waals surface area contributed by atoms with Crippen LogP contribution in [0.25, 0.3) is 0 Å². The van der Waals surface area contributed by atoms with Gasteiger partial charge in [-0.1, -0.05) is 11.6 Å². The molecule has 0 amide bonds. The molecule has 1 fully saturated rings. The van der Waals surface area contributed by atoms with Crippen LogP contribution < -0.4 is 4.90 Å². The Hall–Kier alpha value is -1.06. The smallest absolute Gasteiger partial charge is 0.150 e. The minimum absolute atomic E-state index is 0.514. The Balaban J connectivity index is 2.22. The third kappa shape index (κ3) is 2.85. The maximum Gasteiger partial charge on any atom is 0.150 e. The Morgan fingerprint density at radius 2 is 2.28 bits per heavy atom. The van der Waals surface area contributed by atoms with Gasteiger partial charge in [-0.3, -0.25) is 4.79 Å². The quantitative estimate of drug-likeness (QED) is 0.783. The van der Waals surface area contributed by atoms with Crippen molar-refractivity contribution in [3.05, 3.63) is 28.8 Å². The second-order valence-corrected chi connectivity index (χ2v) is 5.49. The number of carbonyl (C=O) groups is 1. The highest BCUT2D eigenvalue weighted by Crippen LogP contribution is 2.32. The van der Waals surface area contributed by atoms with E-state index in [9.17, 15) is 4.79 Å². The number of likely N-dealkylation sites (N-methyl/N-ethyl adjacent to an activating group) is 1. The van der Waals surface area contributed by atoms with Crippen LogP contribution in [-0.2, 0) is 0 Å². The molecular formula is C14H19ClN2O. The first-order valence-corrected chi connectivity index (χ1v) is 6.65. The maximum absolute atomic E-state index is 10.7. The Morgan fingerprint density at radius 1 is 1.50 bits per heavy atom. The van der Waals surface area contributed by atoms with Crippen molar-refractivity contribution < 1.29 is 4.79 Å². The van der Waals surface area contributed by atoms with Gasteiger partial charge in [0, 0.05) is 24.7 Å². The lowest BCUT2D eigenvalue weighted by Gasteiger charge is -2.29. The van der Waals surface area contributed by atoms with Crippen molar-refractivity contribution in [1.82, 2.24) is 4.90 Å². The summed E-state index contributed by atoms with van der Waals surface area (Å²) >= 11 is 6.28. The van der Waals surface area contributed by atoms with Gasteiger partial charge in [0.2, 0.25) is 0 Å². The van der Waals surface area contributed by atoms with E-state index in [4.69, 9.17) is 11.6 Å². The standard InChI is InChI=1S/C14H19ClN2O/c1-16(2)9-12-4-3-7-17(12)14-6-5-11(10-18)8-13(14)15/h5-6,8,10,12H,3-4,7,9H2,1-2H3. The van der Waals surface area contributed by atoms with Crippen LogP contribution in [0.3, 0.4) is 0 Å². The van der Waals surface area contributed by atoms with Gasteiger partial charge in [-0.25, -0.2) is 0 Å². The minimum atomic E-state index is 0.514. The lowest BCUT2D eigenvalue weighted by molar-refractivity contribution is 0.112. The van der Waals surface area contributed by atoms with Gasteiger partial charge >= 0.3 is 0 Å². The largest absolute Gasteiger partial charge is 0.366 e. The van der Waals surface area contributed by atoms with Crippen LogP contribution >= 0.6 is 11.6 Å². The molecule has 4 heteroatoms. The molecule has 1 unspecified atom stereocenters. The van der Waals surface area contributed by atoms with Gasteiger partial charge in [-0.15, -0.1) is 0 Å². The van der Waals surface area contributed by atoms with Crippen LogP contribution in [0, 0.1) is 0 Å². The number of rotatable bonds is 4. The summed E-state index contributed by atoms with van der Waals surface area (Å²) < 4.78 is 0. The molecule has 3 nitrogen and oxygen atoms in total. The molecule has 1 aromatic carbocycles. The number of anilines is 1. The molecule has 2 rings (SSSR count). The molecule has 1 aliphatic rings. The first-order chi connectivity index (χ1) is 8.61. The molecule has 1 saturated heterocycles. The lowest BCUT2D eigenvalue weighted by atomic mass is 10.1. The third-order valence-electron chi connectivity index (χ3n) is 3.37. The number of hydrogen-bond acceptors (Lipinski definition) is 3. The van der Waals surface area contributed by atoms with Crippen LogP contribution in [-0.4, -0.2) is 44.4 Å². The van der Waals surface area contributed by atoms with E-state index < -0.39 is 0 Å². The van der Waals surface area contributed by atoms with E-state index in [0.29, 0.717) is 16.6 Å². The predicted molar refractivity (Wildman–Crippen MR) is 75.8 cm³/mol. The first-order valence-electron chi connectivity index (χ1n) is 6.28. The van der Waals surface area contributed by atoms with Gasteiger partial charge in [-0.2, -0.15) is 0 Å². The van der Waals surface area contributed by atoms with Crippen molar-refractivity contribution >= 4 is 23.6 Å². The zero-order chi connectivity index (χ0) is 13.1. The Kier molecular flexibility index (Phi) is 4.25. The SMILES string of the molecule is CN(C)CC1CCCN1c1ccc(C=O)cc1Cl. The van der Waals surface area contributed by atoms with Gasteiger partial charge in [0.15, 0.2) is 0 Å². The van der Waals surface area contributed by atoms with E-state index in [1.54, 1.807) is 6.07 Å². The van der Waals surface area contributed by atoms with E-state index in [1.807, 2.05) is 12.1 Å². The van der Waals surface area contributed by atoms with E-state index in [-0.39, 0.29) is 0 Å². The van der Waals surface area contributed by atoms with Gasteiger partial charge in [0.1, 0.15) is 6.29 Å². The van der Waals surface area contributed by atoms with Crippen molar-refractivity contribution in [3.8, 4) is 0 Å². The van der Waals surface area contributed by atoms with Crippen LogP contribution in [0.1, 0.15) is 23.2 Å². The summed E-state index contributed by atoms with van der Waals surface area (Å²) in [7, 11) is 4.18. The summed E-state index contributed by atoms with van der Waals surface area (Å²) in [5.74, 6) is 0. The molecule has 0 aromatic heterocycles.